The molecule has 0 unspecified atom stereocenters. The first-order valence-corrected chi connectivity index (χ1v) is 22.1. The fraction of sp³-hybridized carbons (Fsp3) is 0.167. The third-order valence-corrected chi connectivity index (χ3v) is 12.0. The Hall–Kier alpha value is -6.90. The van der Waals surface area contributed by atoms with E-state index >= 15 is 0 Å². The van der Waals surface area contributed by atoms with Crippen LogP contribution >= 0.6 is 0 Å². The summed E-state index contributed by atoms with van der Waals surface area (Å²) in [6.07, 6.45) is 4.71. The van der Waals surface area contributed by atoms with Gasteiger partial charge in [-0.05, 0) is 155 Å². The van der Waals surface area contributed by atoms with Crippen LogP contribution in [0.1, 0.15) is 84.7 Å². The summed E-state index contributed by atoms with van der Waals surface area (Å²) >= 11 is 0. The Labute approximate surface area is 370 Å². The number of hydrogen-bond acceptors (Lipinski definition) is 2. The van der Waals surface area contributed by atoms with E-state index < -0.39 is 0 Å². The Morgan fingerprint density at radius 2 is 0.919 bits per heavy atom. The largest absolute Gasteiger partial charge is 0.372 e. The number of aryl methyl sites for hydroxylation is 2. The highest BCUT2D eigenvalue weighted by Gasteiger charge is 2.18. The molecule has 0 saturated carbocycles. The molecular formula is C60H58N2. The first-order valence-electron chi connectivity index (χ1n) is 22.1. The van der Waals surface area contributed by atoms with E-state index in [0.29, 0.717) is 0 Å². The highest BCUT2D eigenvalue weighted by atomic mass is 15.1. The minimum atomic E-state index is 0.0730. The van der Waals surface area contributed by atoms with Crippen molar-refractivity contribution in [3.8, 4) is 0 Å². The molecule has 0 saturated heterocycles. The molecule has 0 aliphatic heterocycles. The van der Waals surface area contributed by atoms with E-state index in [1.54, 1.807) is 0 Å². The molecule has 0 amide bonds. The minimum absolute atomic E-state index is 0.0730. The van der Waals surface area contributed by atoms with Crippen molar-refractivity contribution in [2.24, 2.45) is 0 Å². The normalized spacial score (nSPS) is 12.1. The van der Waals surface area contributed by atoms with Crippen molar-refractivity contribution >= 4 is 56.8 Å². The zero-order valence-corrected chi connectivity index (χ0v) is 37.4. The molecule has 0 spiro atoms. The van der Waals surface area contributed by atoms with Crippen LogP contribution in [0.4, 0.5) is 22.7 Å². The van der Waals surface area contributed by atoms with Crippen LogP contribution in [0.25, 0.3) is 34.1 Å². The Morgan fingerprint density at radius 3 is 1.47 bits per heavy atom. The third kappa shape index (κ3) is 9.36. The van der Waals surface area contributed by atoms with Gasteiger partial charge >= 0.3 is 0 Å². The van der Waals surface area contributed by atoms with Crippen LogP contribution in [0.15, 0.2) is 188 Å². The maximum atomic E-state index is 2.41. The number of rotatable bonds is 12. The first-order chi connectivity index (χ1) is 30.1. The van der Waals surface area contributed by atoms with E-state index in [2.05, 4.69) is 258 Å². The summed E-state index contributed by atoms with van der Waals surface area (Å²) in [6.45, 7) is 17.5. The number of fused-ring (bicyclic) bond motifs is 1. The molecule has 0 aromatic heterocycles. The lowest BCUT2D eigenvalue weighted by atomic mass is 9.85. The monoisotopic (exact) mass is 806 g/mol. The van der Waals surface area contributed by atoms with Crippen LogP contribution in [0.2, 0.25) is 0 Å². The molecule has 0 radical (unpaired) electrons. The van der Waals surface area contributed by atoms with Gasteiger partial charge in [-0.1, -0.05) is 171 Å². The molecule has 8 rings (SSSR count). The molecule has 0 aliphatic carbocycles. The molecule has 2 heteroatoms. The fourth-order valence-corrected chi connectivity index (χ4v) is 8.36. The SMILES string of the molecule is CCN(CC)c1ccc(N(c2ccc(/C=C(\c3ccccc3)c3ccc(C)cc3)cc2)c2cc(/C=C(/c3ccc(C)cc3)c3ccc(C(C)(C)C)cc3)c3ccccc3c2)cc1. The summed E-state index contributed by atoms with van der Waals surface area (Å²) < 4.78 is 0. The van der Waals surface area contributed by atoms with E-state index in [4.69, 9.17) is 0 Å². The fourth-order valence-electron chi connectivity index (χ4n) is 8.36. The van der Waals surface area contributed by atoms with Crippen LogP contribution in [-0.4, -0.2) is 13.1 Å². The summed E-state index contributed by atoms with van der Waals surface area (Å²) in [4.78, 5) is 4.80. The van der Waals surface area contributed by atoms with Gasteiger partial charge in [-0.2, -0.15) is 0 Å². The zero-order chi connectivity index (χ0) is 43.2. The molecule has 8 aromatic rings. The van der Waals surface area contributed by atoms with Gasteiger partial charge in [0.05, 0.1) is 0 Å². The molecule has 0 bridgehead atoms. The van der Waals surface area contributed by atoms with Gasteiger partial charge in [-0.25, -0.2) is 0 Å². The highest BCUT2D eigenvalue weighted by Crippen LogP contribution is 2.40. The molecule has 8 aromatic carbocycles. The number of nitrogens with zero attached hydrogens (tertiary/aromatic N) is 2. The van der Waals surface area contributed by atoms with Crippen molar-refractivity contribution in [1.29, 1.82) is 0 Å². The van der Waals surface area contributed by atoms with Gasteiger partial charge in [0.2, 0.25) is 0 Å². The number of anilines is 4. The predicted molar refractivity (Wildman–Crippen MR) is 270 cm³/mol. The van der Waals surface area contributed by atoms with Gasteiger partial charge < -0.3 is 9.80 Å². The van der Waals surface area contributed by atoms with Gasteiger partial charge in [-0.3, -0.25) is 0 Å². The lowest BCUT2D eigenvalue weighted by Gasteiger charge is -2.28. The summed E-state index contributed by atoms with van der Waals surface area (Å²) in [5.74, 6) is 0. The van der Waals surface area contributed by atoms with Gasteiger partial charge in [0.15, 0.2) is 0 Å². The van der Waals surface area contributed by atoms with Crippen LogP contribution in [0.5, 0.6) is 0 Å². The number of benzene rings is 8. The Morgan fingerprint density at radius 1 is 0.452 bits per heavy atom. The van der Waals surface area contributed by atoms with Gasteiger partial charge in [0.25, 0.3) is 0 Å². The molecule has 0 atom stereocenters. The minimum Gasteiger partial charge on any atom is -0.372 e. The van der Waals surface area contributed by atoms with Gasteiger partial charge in [0.1, 0.15) is 0 Å². The number of hydrogen-bond donors (Lipinski definition) is 0. The van der Waals surface area contributed by atoms with Gasteiger partial charge in [-0.15, -0.1) is 0 Å². The summed E-state index contributed by atoms with van der Waals surface area (Å²) in [5, 5.41) is 2.41. The molecule has 62 heavy (non-hydrogen) atoms. The van der Waals surface area contributed by atoms with E-state index in [0.717, 1.165) is 35.7 Å². The third-order valence-electron chi connectivity index (χ3n) is 12.0. The molecule has 0 heterocycles. The van der Waals surface area contributed by atoms with Gasteiger partial charge in [0, 0.05) is 35.8 Å². The molecule has 308 valence electrons. The maximum absolute atomic E-state index is 2.41. The summed E-state index contributed by atoms with van der Waals surface area (Å²) in [7, 11) is 0. The van der Waals surface area contributed by atoms with Crippen LogP contribution in [0.3, 0.4) is 0 Å². The smallest absolute Gasteiger partial charge is 0.0473 e. The second-order valence-electron chi connectivity index (χ2n) is 17.4. The van der Waals surface area contributed by atoms with E-state index in [9.17, 15) is 0 Å². The second-order valence-corrected chi connectivity index (χ2v) is 17.4. The van der Waals surface area contributed by atoms with E-state index in [-0.39, 0.29) is 5.41 Å². The molecule has 0 fully saturated rings. The summed E-state index contributed by atoms with van der Waals surface area (Å²) in [6, 6.07) is 69.2. The predicted octanol–water partition coefficient (Wildman–Crippen LogP) is 16.2. The molecule has 2 nitrogen and oxygen atoms in total. The van der Waals surface area contributed by atoms with Crippen molar-refractivity contribution in [2.45, 2.75) is 53.9 Å². The van der Waals surface area contributed by atoms with Crippen molar-refractivity contribution in [3.63, 3.8) is 0 Å². The Kier molecular flexibility index (Phi) is 12.4. The average molecular weight is 807 g/mol. The van der Waals surface area contributed by atoms with E-state index in [1.807, 2.05) is 0 Å². The van der Waals surface area contributed by atoms with Crippen molar-refractivity contribution in [1.82, 2.24) is 0 Å². The summed E-state index contributed by atoms with van der Waals surface area (Å²) in [5.41, 5.74) is 17.9. The van der Waals surface area contributed by atoms with Crippen LogP contribution in [0, 0.1) is 13.8 Å². The van der Waals surface area contributed by atoms with Crippen molar-refractivity contribution in [2.75, 3.05) is 22.9 Å². The average Bonchev–Trinajstić information content (AvgIpc) is 3.29. The lowest BCUT2D eigenvalue weighted by molar-refractivity contribution is 0.590. The standard InChI is InChI=1S/C60H58N2/c1-8-61(9-2)53-35-37-55(38-36-53)62(54-33-23-45(24-34-54)39-58(46-15-11-10-12-16-46)47-25-19-43(3)20-26-47)56-40-50-17-13-14-18-57(50)51(41-56)42-59(48-27-21-44(4)22-28-48)49-29-31-52(32-30-49)60(5,6)7/h10-42H,8-9H2,1-7H3/b58-39+,59-42-. The Bertz CT molecular complexity index is 2800. The van der Waals surface area contributed by atoms with Crippen molar-refractivity contribution in [3.05, 3.63) is 238 Å². The molecular weight excluding hydrogens is 749 g/mol. The molecule has 0 aliphatic rings. The Balaban J connectivity index is 1.29. The van der Waals surface area contributed by atoms with Crippen LogP contribution < -0.4 is 9.80 Å². The maximum Gasteiger partial charge on any atom is 0.0473 e. The van der Waals surface area contributed by atoms with E-state index in [1.165, 1.54) is 72.1 Å². The highest BCUT2D eigenvalue weighted by molar-refractivity contribution is 6.02. The van der Waals surface area contributed by atoms with Crippen LogP contribution in [-0.2, 0) is 5.41 Å². The first kappa shape index (κ1) is 41.8. The topological polar surface area (TPSA) is 6.48 Å². The lowest BCUT2D eigenvalue weighted by Crippen LogP contribution is -2.21. The molecule has 0 N–H and O–H groups in total. The van der Waals surface area contributed by atoms with Crippen molar-refractivity contribution < 1.29 is 0 Å². The quantitative estimate of drug-likeness (QED) is 0.113. The second kappa shape index (κ2) is 18.4. The zero-order valence-electron chi connectivity index (χ0n) is 37.4.